The maximum absolute atomic E-state index is 12.3. The van der Waals surface area contributed by atoms with Crippen LogP contribution in [0.25, 0.3) is 0 Å². The van der Waals surface area contributed by atoms with Crippen LogP contribution in [0.15, 0.2) is 72.8 Å². The Labute approximate surface area is 175 Å². The summed E-state index contributed by atoms with van der Waals surface area (Å²) in [5.74, 6) is 1.17. The molecule has 3 aromatic rings. The van der Waals surface area contributed by atoms with Gasteiger partial charge in [-0.15, -0.1) is 0 Å². The van der Waals surface area contributed by atoms with Crippen molar-refractivity contribution in [2.75, 3.05) is 14.2 Å². The van der Waals surface area contributed by atoms with E-state index < -0.39 is 17.3 Å². The third kappa shape index (κ3) is 2.30. The quantitative estimate of drug-likeness (QED) is 0.694. The van der Waals surface area contributed by atoms with E-state index in [9.17, 15) is 10.2 Å². The van der Waals surface area contributed by atoms with Crippen LogP contribution in [-0.4, -0.2) is 30.5 Å². The van der Waals surface area contributed by atoms with Gasteiger partial charge in [-0.25, -0.2) is 0 Å². The Hall–Kier alpha value is -3.02. The van der Waals surface area contributed by atoms with E-state index in [1.807, 2.05) is 60.7 Å². The summed E-state index contributed by atoms with van der Waals surface area (Å²) >= 11 is 0. The number of fused-ring (bicyclic) bond motifs is 3. The summed E-state index contributed by atoms with van der Waals surface area (Å²) in [4.78, 5) is 0. The molecule has 4 atom stereocenters. The van der Waals surface area contributed by atoms with Gasteiger partial charge in [0.15, 0.2) is 11.2 Å². The molecule has 1 aliphatic carbocycles. The largest absolute Gasteiger partial charge is 0.496 e. The topological polar surface area (TPSA) is 68.2 Å². The van der Waals surface area contributed by atoms with Gasteiger partial charge in [0.1, 0.15) is 17.2 Å². The van der Waals surface area contributed by atoms with Crippen molar-refractivity contribution in [2.24, 2.45) is 0 Å². The van der Waals surface area contributed by atoms with Crippen molar-refractivity contribution in [1.29, 1.82) is 0 Å². The second-order valence-corrected chi connectivity index (χ2v) is 7.89. The summed E-state index contributed by atoms with van der Waals surface area (Å²) in [6, 6.07) is 23.0. The van der Waals surface area contributed by atoms with Crippen LogP contribution in [0.1, 0.15) is 29.0 Å². The van der Waals surface area contributed by atoms with Crippen LogP contribution < -0.4 is 14.2 Å². The number of aliphatic hydroxyl groups excluding tert-OH is 1. The number of aliphatic hydroxyl groups is 2. The maximum atomic E-state index is 12.3. The number of hydrogen-bond donors (Lipinski definition) is 2. The minimum atomic E-state index is -1.69. The summed E-state index contributed by atoms with van der Waals surface area (Å²) in [7, 11) is 3.11. The number of ether oxygens (including phenoxy) is 3. The van der Waals surface area contributed by atoms with Crippen LogP contribution in [0.3, 0.4) is 0 Å². The van der Waals surface area contributed by atoms with Crippen molar-refractivity contribution in [1.82, 2.24) is 0 Å². The van der Waals surface area contributed by atoms with E-state index in [4.69, 9.17) is 14.2 Å². The smallest absolute Gasteiger partial charge is 0.176 e. The van der Waals surface area contributed by atoms with Crippen molar-refractivity contribution >= 4 is 0 Å². The molecule has 1 aliphatic heterocycles. The molecule has 5 rings (SSSR count). The molecule has 1 heterocycles. The molecule has 0 amide bonds. The van der Waals surface area contributed by atoms with Crippen molar-refractivity contribution in [3.05, 3.63) is 89.5 Å². The van der Waals surface area contributed by atoms with Gasteiger partial charge in [0.2, 0.25) is 0 Å². The highest BCUT2D eigenvalue weighted by Gasteiger charge is 2.73. The zero-order chi connectivity index (χ0) is 20.9. The third-order valence-corrected chi connectivity index (χ3v) is 6.55. The van der Waals surface area contributed by atoms with Gasteiger partial charge in [-0.2, -0.15) is 0 Å². The molecule has 1 fully saturated rings. The Kier molecular flexibility index (Phi) is 4.27. The van der Waals surface area contributed by atoms with Gasteiger partial charge in [-0.3, -0.25) is 0 Å². The number of benzene rings is 3. The molecule has 0 saturated heterocycles. The summed E-state index contributed by atoms with van der Waals surface area (Å²) in [5, 5.41) is 23.6. The molecule has 1 saturated carbocycles. The van der Waals surface area contributed by atoms with Gasteiger partial charge in [-0.05, 0) is 17.5 Å². The molecule has 0 radical (unpaired) electrons. The van der Waals surface area contributed by atoms with Crippen LogP contribution in [-0.2, 0) is 11.2 Å². The van der Waals surface area contributed by atoms with E-state index in [1.54, 1.807) is 19.2 Å². The van der Waals surface area contributed by atoms with Crippen molar-refractivity contribution in [3.8, 4) is 17.2 Å². The molecule has 2 aliphatic rings. The first-order valence-corrected chi connectivity index (χ1v) is 10.0. The average Bonchev–Trinajstić information content (AvgIpc) is 3.20. The van der Waals surface area contributed by atoms with Crippen LogP contribution in [0.5, 0.6) is 17.2 Å². The second-order valence-electron chi connectivity index (χ2n) is 7.89. The summed E-state index contributed by atoms with van der Waals surface area (Å²) in [5.41, 5.74) is -0.649. The predicted molar refractivity (Wildman–Crippen MR) is 112 cm³/mol. The fraction of sp³-hybridized carbons (Fsp3) is 0.280. The van der Waals surface area contributed by atoms with Crippen LogP contribution in [0, 0.1) is 0 Å². The van der Waals surface area contributed by atoms with Crippen LogP contribution in [0.4, 0.5) is 0 Å². The SMILES string of the molecule is COc1cc(OC)c2c(c1)O[C@@]1(c3ccccc3)[C@H](c3ccccc3)C[C@H](O)[C@@]21O. The first kappa shape index (κ1) is 19.0. The van der Waals surface area contributed by atoms with E-state index in [1.165, 1.54) is 7.11 Å². The lowest BCUT2D eigenvalue weighted by Gasteiger charge is -2.40. The third-order valence-electron chi connectivity index (χ3n) is 6.55. The predicted octanol–water partition coefficient (Wildman–Crippen LogP) is 3.73. The molecule has 5 heteroatoms. The Morgan fingerprint density at radius 3 is 2.23 bits per heavy atom. The molecule has 2 N–H and O–H groups in total. The maximum Gasteiger partial charge on any atom is 0.176 e. The fourth-order valence-corrected chi connectivity index (χ4v) is 5.27. The van der Waals surface area contributed by atoms with Crippen molar-refractivity contribution < 1.29 is 24.4 Å². The Bertz CT molecular complexity index is 1070. The zero-order valence-electron chi connectivity index (χ0n) is 16.9. The van der Waals surface area contributed by atoms with Gasteiger partial charge in [0.05, 0.1) is 25.9 Å². The summed E-state index contributed by atoms with van der Waals surface area (Å²) in [6.07, 6.45) is -0.698. The zero-order valence-corrected chi connectivity index (χ0v) is 16.9. The van der Waals surface area contributed by atoms with Crippen LogP contribution in [0.2, 0.25) is 0 Å². The molecule has 0 bridgehead atoms. The number of hydrogen-bond acceptors (Lipinski definition) is 5. The Morgan fingerprint density at radius 2 is 1.60 bits per heavy atom. The lowest BCUT2D eigenvalue weighted by Crippen LogP contribution is -2.52. The molecule has 3 aromatic carbocycles. The number of methoxy groups -OCH3 is 2. The van der Waals surface area contributed by atoms with Gasteiger partial charge in [0.25, 0.3) is 0 Å². The summed E-state index contributed by atoms with van der Waals surface area (Å²) < 4.78 is 17.7. The first-order chi connectivity index (χ1) is 14.6. The average molecular weight is 404 g/mol. The van der Waals surface area contributed by atoms with Gasteiger partial charge < -0.3 is 24.4 Å². The minimum Gasteiger partial charge on any atom is -0.496 e. The van der Waals surface area contributed by atoms with Crippen molar-refractivity contribution in [3.63, 3.8) is 0 Å². The highest BCUT2D eigenvalue weighted by molar-refractivity contribution is 5.62. The Morgan fingerprint density at radius 1 is 0.933 bits per heavy atom. The number of rotatable bonds is 4. The minimum absolute atomic E-state index is 0.274. The molecular weight excluding hydrogens is 380 g/mol. The lowest BCUT2D eigenvalue weighted by atomic mass is 9.71. The van der Waals surface area contributed by atoms with E-state index in [0.29, 0.717) is 29.2 Å². The molecule has 0 unspecified atom stereocenters. The van der Waals surface area contributed by atoms with Crippen molar-refractivity contribution in [2.45, 2.75) is 29.6 Å². The molecule has 0 spiro atoms. The highest BCUT2D eigenvalue weighted by atomic mass is 16.5. The van der Waals surface area contributed by atoms with Gasteiger partial charge in [-0.1, -0.05) is 60.7 Å². The molecular formula is C25H24O5. The van der Waals surface area contributed by atoms with Gasteiger partial charge >= 0.3 is 0 Å². The van der Waals surface area contributed by atoms with E-state index in [-0.39, 0.29) is 5.92 Å². The first-order valence-electron chi connectivity index (χ1n) is 10.0. The highest BCUT2D eigenvalue weighted by Crippen LogP contribution is 2.68. The second kappa shape index (κ2) is 6.76. The van der Waals surface area contributed by atoms with Crippen LogP contribution >= 0.6 is 0 Å². The normalized spacial score (nSPS) is 29.1. The fourth-order valence-electron chi connectivity index (χ4n) is 5.27. The molecule has 5 nitrogen and oxygen atoms in total. The standard InChI is InChI=1S/C25H24O5/c1-28-18-13-20(29-2)23-21(14-18)30-25(17-11-7-4-8-12-17)19(15-22(26)24(23,25)27)16-9-5-3-6-10-16/h3-14,19,22,26-27H,15H2,1-2H3/t19-,22-,24+,25-/m0/s1. The monoisotopic (exact) mass is 404 g/mol. The van der Waals surface area contributed by atoms with E-state index in [2.05, 4.69) is 0 Å². The van der Waals surface area contributed by atoms with Gasteiger partial charge in [0, 0.05) is 18.1 Å². The summed E-state index contributed by atoms with van der Waals surface area (Å²) in [6.45, 7) is 0. The van der Waals surface area contributed by atoms with E-state index in [0.717, 1.165) is 11.1 Å². The Balaban J connectivity index is 1.82. The van der Waals surface area contributed by atoms with E-state index >= 15 is 0 Å². The molecule has 0 aromatic heterocycles. The molecule has 154 valence electrons. The molecule has 30 heavy (non-hydrogen) atoms. The lowest BCUT2D eigenvalue weighted by molar-refractivity contribution is -0.149.